The molecule has 0 saturated carbocycles. The fraction of sp³-hybridized carbons (Fsp3) is 0.286. The molecular weight excluding hydrogens is 364 g/mol. The summed E-state index contributed by atoms with van der Waals surface area (Å²) in [6.07, 6.45) is 9.83. The van der Waals surface area contributed by atoms with E-state index in [2.05, 4.69) is 36.4 Å². The Bertz CT molecular complexity index is 1170. The van der Waals surface area contributed by atoms with Crippen molar-refractivity contribution in [3.8, 4) is 17.3 Å². The van der Waals surface area contributed by atoms with Crippen molar-refractivity contribution in [3.63, 3.8) is 0 Å². The summed E-state index contributed by atoms with van der Waals surface area (Å²) in [6.45, 7) is 2.15. The predicted molar refractivity (Wildman–Crippen MR) is 108 cm³/mol. The Balaban J connectivity index is 1.54. The lowest BCUT2D eigenvalue weighted by atomic mass is 9.73. The first-order valence-electron chi connectivity index (χ1n) is 9.64. The molecule has 0 spiro atoms. The molecule has 8 nitrogen and oxygen atoms in total. The maximum Gasteiger partial charge on any atom is 0.141 e. The minimum atomic E-state index is -0.747. The smallest absolute Gasteiger partial charge is 0.141 e. The SMILES string of the molecule is N#CC(Cn1cc(-c2ncnc3[nH]ccc23)cn1)(c1ccccn1)C1CCNC1. The van der Waals surface area contributed by atoms with E-state index in [1.54, 1.807) is 18.7 Å². The summed E-state index contributed by atoms with van der Waals surface area (Å²) in [6, 6.07) is 10.3. The van der Waals surface area contributed by atoms with Gasteiger partial charge in [0.1, 0.15) is 17.4 Å². The van der Waals surface area contributed by atoms with Gasteiger partial charge in [0.05, 0.1) is 30.2 Å². The number of hydrogen-bond acceptors (Lipinski definition) is 6. The molecule has 5 rings (SSSR count). The van der Waals surface area contributed by atoms with Crippen LogP contribution in [0.25, 0.3) is 22.3 Å². The minimum Gasteiger partial charge on any atom is -0.346 e. The quantitative estimate of drug-likeness (QED) is 0.546. The Hall–Kier alpha value is -3.57. The predicted octanol–water partition coefficient (Wildman–Crippen LogP) is 2.29. The fourth-order valence-electron chi connectivity index (χ4n) is 4.24. The van der Waals surface area contributed by atoms with Crippen LogP contribution in [0.1, 0.15) is 12.1 Å². The number of aromatic nitrogens is 6. The van der Waals surface area contributed by atoms with Gasteiger partial charge >= 0.3 is 0 Å². The van der Waals surface area contributed by atoms with Crippen molar-refractivity contribution >= 4 is 11.0 Å². The van der Waals surface area contributed by atoms with Crippen molar-refractivity contribution in [2.45, 2.75) is 18.4 Å². The molecule has 29 heavy (non-hydrogen) atoms. The van der Waals surface area contributed by atoms with Crippen LogP contribution in [0, 0.1) is 17.2 Å². The molecule has 4 aromatic heterocycles. The number of nitrogens with zero attached hydrogens (tertiary/aromatic N) is 6. The molecule has 1 aliphatic rings. The molecule has 0 bridgehead atoms. The molecule has 8 heteroatoms. The molecule has 0 aromatic carbocycles. The lowest BCUT2D eigenvalue weighted by Crippen LogP contribution is -2.40. The van der Waals surface area contributed by atoms with E-state index in [-0.39, 0.29) is 5.92 Å². The van der Waals surface area contributed by atoms with Crippen LogP contribution in [0.5, 0.6) is 0 Å². The van der Waals surface area contributed by atoms with Gasteiger partial charge in [-0.15, -0.1) is 0 Å². The van der Waals surface area contributed by atoms with E-state index in [4.69, 9.17) is 0 Å². The first-order chi connectivity index (χ1) is 14.3. The van der Waals surface area contributed by atoms with Gasteiger partial charge in [-0.3, -0.25) is 9.67 Å². The molecule has 0 amide bonds. The maximum atomic E-state index is 10.3. The van der Waals surface area contributed by atoms with Crippen LogP contribution in [-0.4, -0.2) is 42.8 Å². The Morgan fingerprint density at radius 3 is 3.00 bits per heavy atom. The van der Waals surface area contributed by atoms with Crippen LogP contribution in [0.15, 0.2) is 55.4 Å². The zero-order valence-corrected chi connectivity index (χ0v) is 15.8. The lowest BCUT2D eigenvalue weighted by Gasteiger charge is -2.31. The average molecular weight is 384 g/mol. The third kappa shape index (κ3) is 2.96. The third-order valence-electron chi connectivity index (χ3n) is 5.75. The molecule has 1 aliphatic heterocycles. The second kappa shape index (κ2) is 7.11. The summed E-state index contributed by atoms with van der Waals surface area (Å²) in [5, 5.41) is 19.2. The molecule has 2 unspecified atom stereocenters. The third-order valence-corrected chi connectivity index (χ3v) is 5.75. The molecule has 0 radical (unpaired) electrons. The Morgan fingerprint density at radius 2 is 2.21 bits per heavy atom. The highest BCUT2D eigenvalue weighted by Gasteiger charge is 2.44. The molecule has 144 valence electrons. The first kappa shape index (κ1) is 17.5. The highest BCUT2D eigenvalue weighted by atomic mass is 15.3. The molecular formula is C21H20N8. The van der Waals surface area contributed by atoms with Gasteiger partial charge in [0.2, 0.25) is 0 Å². The highest BCUT2D eigenvalue weighted by molar-refractivity contribution is 5.89. The second-order valence-electron chi connectivity index (χ2n) is 7.38. The van der Waals surface area contributed by atoms with Gasteiger partial charge in [-0.1, -0.05) is 6.07 Å². The Morgan fingerprint density at radius 1 is 1.24 bits per heavy atom. The topological polar surface area (TPSA) is 108 Å². The van der Waals surface area contributed by atoms with Gasteiger partial charge in [0.15, 0.2) is 0 Å². The van der Waals surface area contributed by atoms with Crippen LogP contribution < -0.4 is 5.32 Å². The fourth-order valence-corrected chi connectivity index (χ4v) is 4.24. The van der Waals surface area contributed by atoms with Crippen molar-refractivity contribution in [1.82, 2.24) is 35.0 Å². The van der Waals surface area contributed by atoms with Gasteiger partial charge in [0, 0.05) is 29.5 Å². The van der Waals surface area contributed by atoms with E-state index < -0.39 is 5.41 Å². The monoisotopic (exact) mass is 384 g/mol. The number of aromatic amines is 1. The van der Waals surface area contributed by atoms with Crippen molar-refractivity contribution < 1.29 is 0 Å². The van der Waals surface area contributed by atoms with Crippen LogP contribution >= 0.6 is 0 Å². The highest BCUT2D eigenvalue weighted by Crippen LogP contribution is 2.36. The van der Waals surface area contributed by atoms with Crippen molar-refractivity contribution in [3.05, 3.63) is 61.1 Å². The van der Waals surface area contributed by atoms with E-state index in [9.17, 15) is 5.26 Å². The zero-order valence-electron chi connectivity index (χ0n) is 15.8. The van der Waals surface area contributed by atoms with E-state index >= 15 is 0 Å². The molecule has 1 fully saturated rings. The van der Waals surface area contributed by atoms with E-state index in [0.717, 1.165) is 47.5 Å². The average Bonchev–Trinajstić information content (AvgIpc) is 3.54. The maximum absolute atomic E-state index is 10.3. The number of fused-ring (bicyclic) bond motifs is 1. The zero-order chi connectivity index (χ0) is 19.7. The molecule has 2 atom stereocenters. The van der Waals surface area contributed by atoms with Gasteiger partial charge in [-0.25, -0.2) is 9.97 Å². The number of rotatable bonds is 5. The van der Waals surface area contributed by atoms with Crippen LogP contribution in [0.3, 0.4) is 0 Å². The first-order valence-corrected chi connectivity index (χ1v) is 9.64. The van der Waals surface area contributed by atoms with Crippen molar-refractivity contribution in [2.24, 2.45) is 5.92 Å². The number of pyridine rings is 1. The standard InChI is InChI=1S/C21H20N8/c22-12-21(16-4-7-23-10-16,18-3-1-2-6-24-18)13-29-11-15(9-28-29)19-17-5-8-25-20(17)27-14-26-19/h1-3,5-6,8-9,11,14,16,23H,4,7,10,13H2,(H,25,26,27). The normalized spacial score (nSPS) is 18.5. The van der Waals surface area contributed by atoms with E-state index in [0.29, 0.717) is 6.54 Å². The number of nitriles is 1. The number of H-pyrrole nitrogens is 1. The molecule has 4 aromatic rings. The molecule has 1 saturated heterocycles. The van der Waals surface area contributed by atoms with Crippen molar-refractivity contribution in [1.29, 1.82) is 5.26 Å². The summed E-state index contributed by atoms with van der Waals surface area (Å²) in [5.41, 5.74) is 2.56. The number of nitrogens with one attached hydrogen (secondary N) is 2. The van der Waals surface area contributed by atoms with Crippen LogP contribution in [-0.2, 0) is 12.0 Å². The summed E-state index contributed by atoms with van der Waals surface area (Å²) < 4.78 is 1.84. The van der Waals surface area contributed by atoms with E-state index in [1.807, 2.05) is 41.3 Å². The largest absolute Gasteiger partial charge is 0.346 e. The minimum absolute atomic E-state index is 0.172. The molecule has 5 heterocycles. The van der Waals surface area contributed by atoms with Crippen molar-refractivity contribution in [2.75, 3.05) is 13.1 Å². The van der Waals surface area contributed by atoms with Crippen LogP contribution in [0.2, 0.25) is 0 Å². The molecule has 0 aliphatic carbocycles. The number of hydrogen-bond donors (Lipinski definition) is 2. The van der Waals surface area contributed by atoms with Gasteiger partial charge < -0.3 is 10.3 Å². The van der Waals surface area contributed by atoms with Gasteiger partial charge in [0.25, 0.3) is 0 Å². The Labute approximate surface area is 167 Å². The van der Waals surface area contributed by atoms with Gasteiger partial charge in [-0.05, 0) is 43.6 Å². The summed E-state index contributed by atoms with van der Waals surface area (Å²) >= 11 is 0. The summed E-state index contributed by atoms with van der Waals surface area (Å²) in [5.74, 6) is 0.172. The lowest BCUT2D eigenvalue weighted by molar-refractivity contribution is 0.300. The molecule has 2 N–H and O–H groups in total. The van der Waals surface area contributed by atoms with Gasteiger partial charge in [-0.2, -0.15) is 10.4 Å². The van der Waals surface area contributed by atoms with E-state index in [1.165, 1.54) is 0 Å². The summed E-state index contributed by atoms with van der Waals surface area (Å²) in [7, 11) is 0. The van der Waals surface area contributed by atoms with Crippen LogP contribution in [0.4, 0.5) is 0 Å². The Kier molecular flexibility index (Phi) is 4.30. The summed E-state index contributed by atoms with van der Waals surface area (Å²) in [4.78, 5) is 16.3. The second-order valence-corrected chi connectivity index (χ2v) is 7.38.